The van der Waals surface area contributed by atoms with Crippen molar-refractivity contribution in [3.8, 4) is 11.5 Å². The van der Waals surface area contributed by atoms with E-state index < -0.39 is 0 Å². The van der Waals surface area contributed by atoms with Crippen LogP contribution < -0.4 is 0 Å². The maximum Gasteiger partial charge on any atom is 0.122 e. The summed E-state index contributed by atoms with van der Waals surface area (Å²) in [6, 6.07) is 8.61. The van der Waals surface area contributed by atoms with Gasteiger partial charge < -0.3 is 10.2 Å². The normalized spacial score (nSPS) is 12.2. The molecule has 2 rings (SSSR count). The van der Waals surface area contributed by atoms with Gasteiger partial charge in [-0.1, -0.05) is 79.7 Å². The van der Waals surface area contributed by atoms with Crippen LogP contribution in [0.2, 0.25) is 0 Å². The Morgan fingerprint density at radius 2 is 1.04 bits per heavy atom. The van der Waals surface area contributed by atoms with Gasteiger partial charge in [-0.2, -0.15) is 0 Å². The molecule has 2 heteroatoms. The smallest absolute Gasteiger partial charge is 0.122 e. The van der Waals surface area contributed by atoms with E-state index in [1.54, 1.807) is 0 Å². The number of aromatic hydroxyl groups is 2. The van der Waals surface area contributed by atoms with E-state index in [1.165, 1.54) is 11.1 Å². The largest absolute Gasteiger partial charge is 0.507 e. The first kappa shape index (κ1) is 21.3. The van der Waals surface area contributed by atoms with Crippen LogP contribution in [0.25, 0.3) is 0 Å². The molecule has 0 saturated heterocycles. The van der Waals surface area contributed by atoms with Crippen molar-refractivity contribution in [3.05, 3.63) is 57.6 Å². The van der Waals surface area contributed by atoms with Gasteiger partial charge in [-0.15, -0.1) is 0 Å². The Balaban J connectivity index is 2.72. The lowest BCUT2D eigenvalue weighted by molar-refractivity contribution is 0.456. The Kier molecular flexibility index (Phi) is 6.29. The van der Waals surface area contributed by atoms with Crippen molar-refractivity contribution in [3.63, 3.8) is 0 Å². The first-order chi connectivity index (χ1) is 12.5. The van der Waals surface area contributed by atoms with Crippen molar-refractivity contribution < 1.29 is 10.2 Å². The molecule has 2 N–H and O–H groups in total. The minimum absolute atomic E-state index is 0.220. The van der Waals surface area contributed by atoms with Crippen LogP contribution in [-0.4, -0.2) is 10.2 Å². The maximum atomic E-state index is 10.6. The van der Waals surface area contributed by atoms with E-state index in [-0.39, 0.29) is 17.3 Å². The topological polar surface area (TPSA) is 40.5 Å². The van der Waals surface area contributed by atoms with Crippen molar-refractivity contribution in [1.29, 1.82) is 0 Å². The average Bonchev–Trinajstić information content (AvgIpc) is 2.61. The molecule has 0 fully saturated rings. The fraction of sp³-hybridized carbons (Fsp3) is 0.520. The highest BCUT2D eigenvalue weighted by atomic mass is 16.3. The minimum atomic E-state index is -0.220. The number of phenolic OH excluding ortho intramolecular Hbond substituents is 2. The lowest BCUT2D eigenvalue weighted by Crippen LogP contribution is -2.21. The van der Waals surface area contributed by atoms with Crippen molar-refractivity contribution in [1.82, 2.24) is 0 Å². The lowest BCUT2D eigenvalue weighted by atomic mass is 9.74. The zero-order chi connectivity index (χ0) is 20.5. The molecule has 0 atom stereocenters. The molecular formula is C25H36O2. The highest BCUT2D eigenvalue weighted by Crippen LogP contribution is 2.41. The second kappa shape index (κ2) is 7.96. The number of benzene rings is 2. The summed E-state index contributed by atoms with van der Waals surface area (Å²) in [4.78, 5) is 0. The highest BCUT2D eigenvalue weighted by molar-refractivity contribution is 5.53. The van der Waals surface area contributed by atoms with Gasteiger partial charge in [-0.3, -0.25) is 0 Å². The Morgan fingerprint density at radius 3 is 1.30 bits per heavy atom. The fourth-order valence-corrected chi connectivity index (χ4v) is 3.75. The molecule has 2 aromatic rings. The molecule has 2 aromatic carbocycles. The summed E-state index contributed by atoms with van der Waals surface area (Å²) in [5.41, 5.74) is 6.23. The second-order valence-corrected chi connectivity index (χ2v) is 8.79. The zero-order valence-corrected chi connectivity index (χ0v) is 18.3. The van der Waals surface area contributed by atoms with Crippen LogP contribution in [-0.2, 0) is 18.3 Å². The molecule has 0 spiro atoms. The van der Waals surface area contributed by atoms with Crippen molar-refractivity contribution in [2.75, 3.05) is 0 Å². The van der Waals surface area contributed by atoms with Crippen molar-refractivity contribution >= 4 is 0 Å². The first-order valence-electron chi connectivity index (χ1n) is 10.3. The number of phenols is 2. The Labute approximate surface area is 165 Å². The van der Waals surface area contributed by atoms with Crippen LogP contribution in [0.15, 0.2) is 24.3 Å². The Morgan fingerprint density at radius 1 is 0.704 bits per heavy atom. The van der Waals surface area contributed by atoms with E-state index in [9.17, 15) is 10.2 Å². The van der Waals surface area contributed by atoms with Crippen LogP contribution in [0.3, 0.4) is 0 Å². The van der Waals surface area contributed by atoms with Gasteiger partial charge >= 0.3 is 0 Å². The van der Waals surface area contributed by atoms with Crippen LogP contribution in [0.1, 0.15) is 101 Å². The third-order valence-corrected chi connectivity index (χ3v) is 5.89. The molecule has 148 valence electrons. The highest BCUT2D eigenvalue weighted by Gasteiger charge is 2.28. The summed E-state index contributed by atoms with van der Waals surface area (Å²) in [6.07, 6.45) is 1.62. The monoisotopic (exact) mass is 368 g/mol. The van der Waals surface area contributed by atoms with Gasteiger partial charge in [0.05, 0.1) is 0 Å². The van der Waals surface area contributed by atoms with Gasteiger partial charge in [-0.05, 0) is 58.1 Å². The third-order valence-electron chi connectivity index (χ3n) is 5.89. The van der Waals surface area contributed by atoms with Gasteiger partial charge in [0.1, 0.15) is 11.5 Å². The number of hydrogen-bond acceptors (Lipinski definition) is 2. The van der Waals surface area contributed by atoms with Crippen LogP contribution in [0.5, 0.6) is 11.5 Å². The molecule has 0 aliphatic heterocycles. The summed E-state index contributed by atoms with van der Waals surface area (Å²) >= 11 is 0. The minimum Gasteiger partial charge on any atom is -0.507 e. The SMILES string of the molecule is CCc1cc(C(C)(C)c2cc(CC)c(O)c(C(C)C)c2)cc(C(C)C)c1O. The fourth-order valence-electron chi connectivity index (χ4n) is 3.75. The van der Waals surface area contributed by atoms with Gasteiger partial charge in [0.2, 0.25) is 0 Å². The van der Waals surface area contributed by atoms with Crippen LogP contribution >= 0.6 is 0 Å². The lowest BCUT2D eigenvalue weighted by Gasteiger charge is -2.30. The van der Waals surface area contributed by atoms with E-state index in [4.69, 9.17) is 0 Å². The quantitative estimate of drug-likeness (QED) is 0.589. The summed E-state index contributed by atoms with van der Waals surface area (Å²) < 4.78 is 0. The molecule has 0 aromatic heterocycles. The van der Waals surface area contributed by atoms with Gasteiger partial charge in [-0.25, -0.2) is 0 Å². The summed E-state index contributed by atoms with van der Waals surface area (Å²) in [5, 5.41) is 21.2. The molecule has 0 unspecified atom stereocenters. The molecule has 0 amide bonds. The molecule has 0 aliphatic rings. The van der Waals surface area contributed by atoms with Gasteiger partial charge in [0, 0.05) is 5.41 Å². The average molecular weight is 369 g/mol. The van der Waals surface area contributed by atoms with Crippen molar-refractivity contribution in [2.45, 2.75) is 85.5 Å². The predicted octanol–water partition coefficient (Wildman–Crippen LogP) is 6.80. The van der Waals surface area contributed by atoms with E-state index in [0.717, 1.165) is 35.1 Å². The number of rotatable bonds is 6. The summed E-state index contributed by atoms with van der Waals surface area (Å²) in [7, 11) is 0. The molecule has 0 saturated carbocycles. The van der Waals surface area contributed by atoms with E-state index >= 15 is 0 Å². The second-order valence-electron chi connectivity index (χ2n) is 8.79. The first-order valence-corrected chi connectivity index (χ1v) is 10.3. The molecule has 0 radical (unpaired) electrons. The molecule has 2 nitrogen and oxygen atoms in total. The third kappa shape index (κ3) is 4.00. The number of aryl methyl sites for hydroxylation is 2. The van der Waals surface area contributed by atoms with Crippen LogP contribution in [0.4, 0.5) is 0 Å². The van der Waals surface area contributed by atoms with E-state index in [2.05, 4.69) is 79.7 Å². The standard InChI is InChI=1S/C25H36O2/c1-9-17-11-19(13-21(15(3)4)23(17)26)25(7,8)20-12-18(10-2)24(27)22(14-20)16(5)6/h11-16,26-27H,9-10H2,1-8H3. The summed E-state index contributed by atoms with van der Waals surface area (Å²) in [5.74, 6) is 1.41. The van der Waals surface area contributed by atoms with Gasteiger partial charge in [0.15, 0.2) is 0 Å². The molecule has 0 aliphatic carbocycles. The number of hydrogen-bond donors (Lipinski definition) is 2. The van der Waals surface area contributed by atoms with Crippen molar-refractivity contribution in [2.24, 2.45) is 0 Å². The zero-order valence-electron chi connectivity index (χ0n) is 18.3. The van der Waals surface area contributed by atoms with E-state index in [1.807, 2.05) is 0 Å². The van der Waals surface area contributed by atoms with E-state index in [0.29, 0.717) is 11.5 Å². The summed E-state index contributed by atoms with van der Waals surface area (Å²) in [6.45, 7) is 17.1. The maximum absolute atomic E-state index is 10.6. The molecule has 0 heterocycles. The molecular weight excluding hydrogens is 332 g/mol. The Hall–Kier alpha value is -1.96. The van der Waals surface area contributed by atoms with Crippen LogP contribution in [0, 0.1) is 0 Å². The van der Waals surface area contributed by atoms with Gasteiger partial charge in [0.25, 0.3) is 0 Å². The predicted molar refractivity (Wildman–Crippen MR) is 115 cm³/mol. The molecule has 27 heavy (non-hydrogen) atoms. The Bertz CT molecular complexity index is 746. The molecule has 0 bridgehead atoms.